The zero-order valence-corrected chi connectivity index (χ0v) is 16.6. The molecule has 1 atom stereocenters. The quantitative estimate of drug-likeness (QED) is 0.501. The number of nitrogens with one attached hydrogen (secondary N) is 1. The van der Waals surface area contributed by atoms with Gasteiger partial charge < -0.3 is 4.74 Å². The fourth-order valence-electron chi connectivity index (χ4n) is 3.02. The molecule has 4 aromatic rings. The van der Waals surface area contributed by atoms with E-state index in [2.05, 4.69) is 27.5 Å². The number of aromatic nitrogens is 3. The van der Waals surface area contributed by atoms with Crippen molar-refractivity contribution in [2.24, 2.45) is 0 Å². The summed E-state index contributed by atoms with van der Waals surface area (Å²) < 4.78 is 7.45. The number of rotatable bonds is 7. The summed E-state index contributed by atoms with van der Waals surface area (Å²) in [6, 6.07) is 27.7. The number of carbonyl (C=O) groups is 1. The number of nitrogens with zero attached hydrogens (tertiary/aromatic N) is 3. The third-order valence-corrected chi connectivity index (χ3v) is 4.60. The second kappa shape index (κ2) is 9.05. The lowest BCUT2D eigenvalue weighted by atomic mass is 10.1. The first-order valence-corrected chi connectivity index (χ1v) is 9.74. The number of benzene rings is 3. The number of amides is 1. The molecule has 3 aromatic carbocycles. The average Bonchev–Trinajstić information content (AvgIpc) is 3.22. The van der Waals surface area contributed by atoms with E-state index in [0.29, 0.717) is 12.3 Å². The maximum Gasteiger partial charge on any atom is 0.267 e. The predicted octanol–water partition coefficient (Wildman–Crippen LogP) is 4.40. The molecule has 1 amide bonds. The molecule has 6 heteroatoms. The van der Waals surface area contributed by atoms with Gasteiger partial charge >= 0.3 is 0 Å². The molecule has 0 fully saturated rings. The molecule has 0 saturated carbocycles. The van der Waals surface area contributed by atoms with Crippen molar-refractivity contribution in [1.29, 1.82) is 0 Å². The molecule has 0 aliphatic rings. The minimum Gasteiger partial charge on any atom is -0.481 e. The van der Waals surface area contributed by atoms with Crippen LogP contribution >= 0.6 is 0 Å². The third-order valence-electron chi connectivity index (χ3n) is 4.60. The molecule has 0 spiro atoms. The van der Waals surface area contributed by atoms with Crippen molar-refractivity contribution in [2.75, 3.05) is 5.32 Å². The first kappa shape index (κ1) is 19.4. The van der Waals surface area contributed by atoms with E-state index in [4.69, 9.17) is 4.74 Å². The van der Waals surface area contributed by atoms with Crippen LogP contribution in [-0.2, 0) is 11.3 Å². The molecule has 1 heterocycles. The summed E-state index contributed by atoms with van der Waals surface area (Å²) in [5.41, 5.74) is 3.33. The highest BCUT2D eigenvalue weighted by Crippen LogP contribution is 2.22. The van der Waals surface area contributed by atoms with Gasteiger partial charge in [-0.3, -0.25) is 10.1 Å². The summed E-state index contributed by atoms with van der Waals surface area (Å²) in [7, 11) is 0. The molecular weight excluding hydrogens is 376 g/mol. The Balaban J connectivity index is 1.33. The summed E-state index contributed by atoms with van der Waals surface area (Å²) in [5, 5.41) is 7.00. The van der Waals surface area contributed by atoms with Crippen LogP contribution in [0.5, 0.6) is 5.75 Å². The Morgan fingerprint density at radius 1 is 0.933 bits per heavy atom. The van der Waals surface area contributed by atoms with E-state index in [1.54, 1.807) is 17.9 Å². The van der Waals surface area contributed by atoms with Crippen LogP contribution in [0.15, 0.2) is 91.3 Å². The Kier molecular flexibility index (Phi) is 5.85. The van der Waals surface area contributed by atoms with Gasteiger partial charge in [0.05, 0.1) is 6.54 Å². The largest absolute Gasteiger partial charge is 0.481 e. The molecule has 4 rings (SSSR count). The van der Waals surface area contributed by atoms with Crippen LogP contribution in [0.25, 0.3) is 11.1 Å². The van der Waals surface area contributed by atoms with Crippen LogP contribution in [0.3, 0.4) is 0 Å². The van der Waals surface area contributed by atoms with E-state index in [1.807, 2.05) is 72.8 Å². The van der Waals surface area contributed by atoms with Crippen LogP contribution < -0.4 is 10.1 Å². The van der Waals surface area contributed by atoms with Crippen molar-refractivity contribution in [3.63, 3.8) is 0 Å². The first-order valence-electron chi connectivity index (χ1n) is 9.74. The van der Waals surface area contributed by atoms with Gasteiger partial charge in [0.25, 0.3) is 5.91 Å². The van der Waals surface area contributed by atoms with Gasteiger partial charge in [-0.05, 0) is 35.7 Å². The van der Waals surface area contributed by atoms with Gasteiger partial charge in [0, 0.05) is 0 Å². The van der Waals surface area contributed by atoms with Crippen molar-refractivity contribution < 1.29 is 9.53 Å². The lowest BCUT2D eigenvalue weighted by Crippen LogP contribution is -2.30. The highest BCUT2D eigenvalue weighted by molar-refractivity contribution is 5.92. The Morgan fingerprint density at radius 2 is 1.57 bits per heavy atom. The number of hydrogen-bond donors (Lipinski definition) is 1. The van der Waals surface area contributed by atoms with Crippen LogP contribution in [-0.4, -0.2) is 26.8 Å². The maximum atomic E-state index is 12.4. The third kappa shape index (κ3) is 4.91. The number of ether oxygens (including phenoxy) is 1. The maximum absolute atomic E-state index is 12.4. The Labute approximate surface area is 175 Å². The second-order valence-corrected chi connectivity index (χ2v) is 6.89. The molecule has 0 bridgehead atoms. The number of anilines is 1. The van der Waals surface area contributed by atoms with Gasteiger partial charge in [0.15, 0.2) is 6.10 Å². The van der Waals surface area contributed by atoms with Crippen LogP contribution in [0, 0.1) is 0 Å². The highest BCUT2D eigenvalue weighted by atomic mass is 16.5. The molecule has 1 aromatic heterocycles. The van der Waals surface area contributed by atoms with Gasteiger partial charge in [-0.15, -0.1) is 5.10 Å². The topological polar surface area (TPSA) is 69.0 Å². The minimum atomic E-state index is -0.686. The van der Waals surface area contributed by atoms with Crippen molar-refractivity contribution >= 4 is 11.9 Å². The fraction of sp³-hybridized carbons (Fsp3) is 0.125. The smallest absolute Gasteiger partial charge is 0.267 e. The lowest BCUT2D eigenvalue weighted by molar-refractivity contribution is -0.122. The van der Waals surface area contributed by atoms with E-state index < -0.39 is 6.10 Å². The molecule has 0 radical (unpaired) electrons. The van der Waals surface area contributed by atoms with Crippen molar-refractivity contribution in [3.8, 4) is 16.9 Å². The van der Waals surface area contributed by atoms with Crippen LogP contribution in [0.4, 0.5) is 5.95 Å². The summed E-state index contributed by atoms with van der Waals surface area (Å²) in [6.07, 6.45) is 0.907. The van der Waals surface area contributed by atoms with Crippen molar-refractivity contribution in [2.45, 2.75) is 19.6 Å². The van der Waals surface area contributed by atoms with Crippen LogP contribution in [0.2, 0.25) is 0 Å². The second-order valence-electron chi connectivity index (χ2n) is 6.89. The monoisotopic (exact) mass is 398 g/mol. The number of carbonyl (C=O) groups excluding carboxylic acids is 1. The molecular formula is C24H22N4O2. The molecule has 0 saturated heterocycles. The standard InChI is InChI=1S/C24H22N4O2/c1-18(30-22-14-12-21(13-15-22)20-10-6-3-7-11-20)23(29)26-24-25-17-28(27-24)16-19-8-4-2-5-9-19/h2-15,17-18H,16H2,1H3,(H,26,27,29). The van der Waals surface area contributed by atoms with E-state index >= 15 is 0 Å². The Bertz CT molecular complexity index is 1090. The highest BCUT2D eigenvalue weighted by Gasteiger charge is 2.17. The fourth-order valence-corrected chi connectivity index (χ4v) is 3.02. The zero-order valence-electron chi connectivity index (χ0n) is 16.6. The SMILES string of the molecule is CC(Oc1ccc(-c2ccccc2)cc1)C(=O)Nc1ncn(Cc2ccccc2)n1. The molecule has 1 unspecified atom stereocenters. The summed E-state index contributed by atoms with van der Waals surface area (Å²) in [6.45, 7) is 2.28. The van der Waals surface area contributed by atoms with Gasteiger partial charge in [-0.1, -0.05) is 72.8 Å². The summed E-state index contributed by atoms with van der Waals surface area (Å²) in [5.74, 6) is 0.574. The average molecular weight is 398 g/mol. The Morgan fingerprint density at radius 3 is 2.27 bits per heavy atom. The van der Waals surface area contributed by atoms with E-state index in [-0.39, 0.29) is 11.9 Å². The van der Waals surface area contributed by atoms with Crippen molar-refractivity contribution in [1.82, 2.24) is 14.8 Å². The van der Waals surface area contributed by atoms with Gasteiger partial charge in [-0.25, -0.2) is 9.67 Å². The molecule has 150 valence electrons. The molecule has 6 nitrogen and oxygen atoms in total. The Hall–Kier alpha value is -3.93. The molecule has 0 aliphatic carbocycles. The number of hydrogen-bond acceptors (Lipinski definition) is 4. The molecule has 1 N–H and O–H groups in total. The van der Waals surface area contributed by atoms with Gasteiger partial charge in [0.1, 0.15) is 12.1 Å². The van der Waals surface area contributed by atoms with Gasteiger partial charge in [-0.2, -0.15) is 0 Å². The van der Waals surface area contributed by atoms with Gasteiger partial charge in [0.2, 0.25) is 5.95 Å². The lowest BCUT2D eigenvalue weighted by Gasteiger charge is -2.14. The normalized spacial score (nSPS) is 11.6. The first-order chi connectivity index (χ1) is 14.7. The van der Waals surface area contributed by atoms with Crippen LogP contribution in [0.1, 0.15) is 12.5 Å². The minimum absolute atomic E-state index is 0.255. The van der Waals surface area contributed by atoms with E-state index in [0.717, 1.165) is 16.7 Å². The van der Waals surface area contributed by atoms with E-state index in [9.17, 15) is 4.79 Å². The van der Waals surface area contributed by atoms with Crippen molar-refractivity contribution in [3.05, 3.63) is 96.8 Å². The summed E-state index contributed by atoms with van der Waals surface area (Å²) in [4.78, 5) is 16.6. The zero-order chi connectivity index (χ0) is 20.8. The molecule has 30 heavy (non-hydrogen) atoms. The predicted molar refractivity (Wildman–Crippen MR) is 116 cm³/mol. The summed E-state index contributed by atoms with van der Waals surface area (Å²) >= 11 is 0. The molecule has 0 aliphatic heterocycles. The van der Waals surface area contributed by atoms with E-state index in [1.165, 1.54) is 0 Å².